The number of hydrogen-bond donors (Lipinski definition) is 1. The average molecular weight is 426 g/mol. The first-order valence-electron chi connectivity index (χ1n) is 9.81. The molecule has 0 atom stereocenters. The number of Topliss-reactive ketones (excluding diaryl/α,β-unsaturated/α-hetero) is 1. The molecule has 0 radical (unpaired) electrons. The third-order valence-electron chi connectivity index (χ3n) is 6.03. The number of halogens is 1. The van der Waals surface area contributed by atoms with E-state index in [0.29, 0.717) is 53.6 Å². The third-order valence-corrected chi connectivity index (χ3v) is 6.33. The van der Waals surface area contributed by atoms with E-state index in [1.54, 1.807) is 24.4 Å². The highest BCUT2D eigenvalue weighted by molar-refractivity contribution is 6.33. The molecule has 1 amide bonds. The lowest BCUT2D eigenvalue weighted by atomic mass is 9.82. The molecule has 0 aliphatic carbocycles. The normalized spacial score (nSPS) is 17.7. The molecule has 1 saturated heterocycles. The minimum atomic E-state index is -0.611. The third kappa shape index (κ3) is 2.92. The van der Waals surface area contributed by atoms with E-state index in [1.807, 2.05) is 17.0 Å². The molecule has 154 valence electrons. The van der Waals surface area contributed by atoms with Gasteiger partial charge in [-0.05, 0) is 18.2 Å². The molecule has 0 unspecified atom stereocenters. The Morgan fingerprint density at radius 1 is 1.27 bits per heavy atom. The Morgan fingerprint density at radius 3 is 2.83 bits per heavy atom. The van der Waals surface area contributed by atoms with Crippen LogP contribution in [0.3, 0.4) is 0 Å². The van der Waals surface area contributed by atoms with Gasteiger partial charge in [0.05, 0.1) is 35.8 Å². The monoisotopic (exact) mass is 425 g/mol. The number of nitrogens with one attached hydrogen (secondary N) is 1. The van der Waals surface area contributed by atoms with Crippen molar-refractivity contribution in [2.24, 2.45) is 0 Å². The van der Waals surface area contributed by atoms with Crippen LogP contribution in [0.2, 0.25) is 5.02 Å². The number of ether oxygens (including phenoxy) is 2. The second kappa shape index (κ2) is 7.02. The molecule has 1 fully saturated rings. The number of hydrogen-bond acceptors (Lipinski definition) is 5. The van der Waals surface area contributed by atoms with Gasteiger partial charge in [-0.1, -0.05) is 23.7 Å². The fourth-order valence-corrected chi connectivity index (χ4v) is 4.69. The Kier molecular flexibility index (Phi) is 4.43. The summed E-state index contributed by atoms with van der Waals surface area (Å²) in [5.41, 5.74) is 1.14. The maximum Gasteiger partial charge on any atom is 0.256 e. The molecule has 0 bridgehead atoms. The lowest BCUT2D eigenvalue weighted by molar-refractivity contribution is -0.00594. The molecule has 2 aromatic carbocycles. The van der Waals surface area contributed by atoms with Crippen molar-refractivity contribution in [2.75, 3.05) is 20.2 Å². The standard InChI is InChI=1S/C22H20ClN3O4/c1-29-20-15(23)5-6-17-18(20)16(27)11-22(30-17)7-9-26(10-8-22)21(28)14-4-2-3-13-12-24-25-19(13)14/h2-6,12H,7-11H2,1H3,(H,24,25). The van der Waals surface area contributed by atoms with Gasteiger partial charge in [-0.25, -0.2) is 0 Å². The van der Waals surface area contributed by atoms with Crippen LogP contribution in [0, 0.1) is 0 Å². The first-order valence-corrected chi connectivity index (χ1v) is 10.2. The number of nitrogens with zero attached hydrogens (tertiary/aromatic N) is 2. The molecule has 7 nitrogen and oxygen atoms in total. The van der Waals surface area contributed by atoms with Crippen LogP contribution in [-0.2, 0) is 0 Å². The van der Waals surface area contributed by atoms with E-state index in [4.69, 9.17) is 21.1 Å². The van der Waals surface area contributed by atoms with E-state index in [2.05, 4.69) is 10.2 Å². The summed E-state index contributed by atoms with van der Waals surface area (Å²) in [7, 11) is 1.49. The number of aromatic nitrogens is 2. The Balaban J connectivity index is 1.36. The Morgan fingerprint density at radius 2 is 2.07 bits per heavy atom. The van der Waals surface area contributed by atoms with Gasteiger partial charge in [-0.2, -0.15) is 5.10 Å². The fourth-order valence-electron chi connectivity index (χ4n) is 4.45. The summed E-state index contributed by atoms with van der Waals surface area (Å²) in [5.74, 6) is 0.761. The number of carbonyl (C=O) groups excluding carboxylic acids is 2. The minimum absolute atomic E-state index is 0.0439. The van der Waals surface area contributed by atoms with Gasteiger partial charge in [0.1, 0.15) is 16.9 Å². The van der Waals surface area contributed by atoms with Crippen molar-refractivity contribution in [2.45, 2.75) is 24.9 Å². The van der Waals surface area contributed by atoms with Crippen LogP contribution in [0.4, 0.5) is 0 Å². The van der Waals surface area contributed by atoms with Gasteiger partial charge in [0, 0.05) is 31.3 Å². The van der Waals surface area contributed by atoms with Crippen LogP contribution in [0.1, 0.15) is 40.0 Å². The summed E-state index contributed by atoms with van der Waals surface area (Å²) in [4.78, 5) is 27.9. The molecule has 1 N–H and O–H groups in total. The highest BCUT2D eigenvalue weighted by Gasteiger charge is 2.45. The van der Waals surface area contributed by atoms with E-state index in [-0.39, 0.29) is 18.1 Å². The summed E-state index contributed by atoms with van der Waals surface area (Å²) in [6, 6.07) is 8.97. The van der Waals surface area contributed by atoms with Gasteiger partial charge in [0.25, 0.3) is 5.91 Å². The smallest absolute Gasteiger partial charge is 0.256 e. The van der Waals surface area contributed by atoms with Crippen molar-refractivity contribution in [3.05, 3.63) is 52.7 Å². The topological polar surface area (TPSA) is 84.5 Å². The van der Waals surface area contributed by atoms with Crippen molar-refractivity contribution in [3.8, 4) is 11.5 Å². The Hall–Kier alpha value is -3.06. The Labute approximate surface area is 177 Å². The second-order valence-corrected chi connectivity index (χ2v) is 8.18. The molecule has 1 aromatic heterocycles. The number of amides is 1. The minimum Gasteiger partial charge on any atom is -0.494 e. The first kappa shape index (κ1) is 18.9. The van der Waals surface area contributed by atoms with Gasteiger partial charge in [-0.15, -0.1) is 0 Å². The van der Waals surface area contributed by atoms with Gasteiger partial charge in [0.15, 0.2) is 11.5 Å². The number of piperidine rings is 1. The van der Waals surface area contributed by atoms with Crippen LogP contribution < -0.4 is 9.47 Å². The highest BCUT2D eigenvalue weighted by Crippen LogP contribution is 2.45. The predicted octanol–water partition coefficient (Wildman–Crippen LogP) is 3.87. The maximum absolute atomic E-state index is 13.1. The molecular weight excluding hydrogens is 406 g/mol. The number of fused-ring (bicyclic) bond motifs is 2. The molecule has 1 spiro atoms. The van der Waals surface area contributed by atoms with Crippen LogP contribution in [-0.4, -0.2) is 52.6 Å². The van der Waals surface area contributed by atoms with Crippen molar-refractivity contribution in [3.63, 3.8) is 0 Å². The zero-order valence-corrected chi connectivity index (χ0v) is 17.2. The number of rotatable bonds is 2. The summed E-state index contributed by atoms with van der Waals surface area (Å²) in [6.07, 6.45) is 3.10. The Bertz CT molecular complexity index is 1160. The number of aromatic amines is 1. The highest BCUT2D eigenvalue weighted by atomic mass is 35.5. The zero-order valence-electron chi connectivity index (χ0n) is 16.4. The summed E-state index contributed by atoms with van der Waals surface area (Å²) >= 11 is 6.17. The van der Waals surface area contributed by atoms with E-state index in [0.717, 1.165) is 10.9 Å². The lowest BCUT2D eigenvalue weighted by Crippen LogP contribution is -2.52. The number of ketones is 1. The van der Waals surface area contributed by atoms with E-state index in [1.165, 1.54) is 7.11 Å². The molecule has 2 aliphatic heterocycles. The number of carbonyl (C=O) groups is 2. The van der Waals surface area contributed by atoms with Crippen LogP contribution >= 0.6 is 11.6 Å². The van der Waals surface area contributed by atoms with E-state index in [9.17, 15) is 9.59 Å². The second-order valence-electron chi connectivity index (χ2n) is 7.77. The number of methoxy groups -OCH3 is 1. The van der Waals surface area contributed by atoms with Gasteiger partial charge < -0.3 is 14.4 Å². The van der Waals surface area contributed by atoms with Gasteiger partial charge >= 0.3 is 0 Å². The van der Waals surface area contributed by atoms with Gasteiger partial charge in [-0.3, -0.25) is 14.7 Å². The molecule has 8 heteroatoms. The lowest BCUT2D eigenvalue weighted by Gasteiger charge is -2.44. The molecule has 3 aromatic rings. The number of benzene rings is 2. The molecular formula is C22H20ClN3O4. The van der Waals surface area contributed by atoms with Crippen molar-refractivity contribution in [1.82, 2.24) is 15.1 Å². The molecule has 0 saturated carbocycles. The van der Waals surface area contributed by atoms with Crippen LogP contribution in [0.25, 0.3) is 10.9 Å². The van der Waals surface area contributed by atoms with E-state index >= 15 is 0 Å². The molecule has 2 aliphatic rings. The van der Waals surface area contributed by atoms with Crippen LogP contribution in [0.5, 0.6) is 11.5 Å². The van der Waals surface area contributed by atoms with Crippen LogP contribution in [0.15, 0.2) is 36.5 Å². The number of para-hydroxylation sites is 1. The summed E-state index contributed by atoms with van der Waals surface area (Å²) in [6.45, 7) is 1.02. The number of likely N-dealkylation sites (tertiary alicyclic amines) is 1. The van der Waals surface area contributed by atoms with Gasteiger partial charge in [0.2, 0.25) is 0 Å². The quantitative estimate of drug-likeness (QED) is 0.673. The number of H-pyrrole nitrogens is 1. The largest absolute Gasteiger partial charge is 0.494 e. The molecule has 3 heterocycles. The summed E-state index contributed by atoms with van der Waals surface area (Å²) in [5, 5.41) is 8.23. The summed E-state index contributed by atoms with van der Waals surface area (Å²) < 4.78 is 11.6. The SMILES string of the molecule is COc1c(Cl)ccc2c1C(=O)CC1(CCN(C(=O)c3cccc4cn[nH]c34)CC1)O2. The van der Waals surface area contributed by atoms with Crippen molar-refractivity contribution in [1.29, 1.82) is 0 Å². The molecule has 5 rings (SSSR count). The maximum atomic E-state index is 13.1. The molecule has 30 heavy (non-hydrogen) atoms. The van der Waals surface area contributed by atoms with E-state index < -0.39 is 5.60 Å². The first-order chi connectivity index (χ1) is 14.5. The fraction of sp³-hybridized carbons (Fsp3) is 0.318. The average Bonchev–Trinajstić information content (AvgIpc) is 3.23. The van der Waals surface area contributed by atoms with Crippen molar-refractivity contribution < 1.29 is 19.1 Å². The van der Waals surface area contributed by atoms with Crippen molar-refractivity contribution >= 4 is 34.2 Å². The predicted molar refractivity (Wildman–Crippen MR) is 112 cm³/mol. The zero-order chi connectivity index (χ0) is 20.9.